The highest BCUT2D eigenvalue weighted by Crippen LogP contribution is 2.33. The first-order chi connectivity index (χ1) is 12.6. The largest absolute Gasteiger partial charge is 0.484 e. The SMILES string of the molecule is CC(NCCC1(C)CNc2ccccc2O1)c1cccc2ccccc12. The molecule has 3 aromatic carbocycles. The van der Waals surface area contributed by atoms with Crippen LogP contribution in [0.3, 0.4) is 0 Å². The van der Waals surface area contributed by atoms with Gasteiger partial charge in [-0.25, -0.2) is 0 Å². The van der Waals surface area contributed by atoms with Crippen LogP contribution in [0.15, 0.2) is 66.7 Å². The number of anilines is 1. The Morgan fingerprint density at radius 3 is 2.73 bits per heavy atom. The van der Waals surface area contributed by atoms with Gasteiger partial charge in [-0.2, -0.15) is 0 Å². The van der Waals surface area contributed by atoms with Crippen LogP contribution in [0.25, 0.3) is 10.8 Å². The van der Waals surface area contributed by atoms with E-state index in [-0.39, 0.29) is 5.60 Å². The number of nitrogens with one attached hydrogen (secondary N) is 2. The molecule has 134 valence electrons. The minimum absolute atomic E-state index is 0.195. The molecule has 2 atom stereocenters. The Kier molecular flexibility index (Phi) is 4.56. The van der Waals surface area contributed by atoms with Crippen molar-refractivity contribution >= 4 is 16.5 Å². The van der Waals surface area contributed by atoms with Gasteiger partial charge >= 0.3 is 0 Å². The molecule has 0 fully saturated rings. The molecule has 26 heavy (non-hydrogen) atoms. The standard InChI is InChI=1S/C23H26N2O/c1-17(19-11-7-9-18-8-3-4-10-20(18)19)24-15-14-23(2)16-25-21-12-5-6-13-22(21)26-23/h3-13,17,24-25H,14-16H2,1-2H3. The molecule has 0 amide bonds. The van der Waals surface area contributed by atoms with E-state index < -0.39 is 0 Å². The Bertz CT molecular complexity index is 902. The Labute approximate surface area is 155 Å². The lowest BCUT2D eigenvalue weighted by Gasteiger charge is -2.37. The number of para-hydroxylation sites is 2. The summed E-state index contributed by atoms with van der Waals surface area (Å²) in [6.45, 7) is 6.15. The Balaban J connectivity index is 1.40. The maximum atomic E-state index is 6.27. The molecular formula is C23H26N2O. The summed E-state index contributed by atoms with van der Waals surface area (Å²) < 4.78 is 6.27. The molecule has 0 saturated heterocycles. The number of ether oxygens (including phenoxy) is 1. The van der Waals surface area contributed by atoms with Crippen molar-refractivity contribution in [3.8, 4) is 5.75 Å². The van der Waals surface area contributed by atoms with Crippen molar-refractivity contribution in [2.24, 2.45) is 0 Å². The van der Waals surface area contributed by atoms with Gasteiger partial charge < -0.3 is 15.4 Å². The van der Waals surface area contributed by atoms with Gasteiger partial charge in [-0.3, -0.25) is 0 Å². The second-order valence-electron chi connectivity index (χ2n) is 7.40. The van der Waals surface area contributed by atoms with Crippen molar-refractivity contribution in [3.63, 3.8) is 0 Å². The molecule has 4 rings (SSSR count). The third-order valence-corrected chi connectivity index (χ3v) is 5.29. The molecule has 0 aliphatic carbocycles. The summed E-state index contributed by atoms with van der Waals surface area (Å²) in [5.41, 5.74) is 2.24. The zero-order valence-electron chi connectivity index (χ0n) is 15.5. The van der Waals surface area contributed by atoms with Gasteiger partial charge in [-0.05, 0) is 48.9 Å². The quantitative estimate of drug-likeness (QED) is 0.671. The van der Waals surface area contributed by atoms with Gasteiger partial charge in [-0.1, -0.05) is 54.6 Å². The van der Waals surface area contributed by atoms with Crippen molar-refractivity contribution in [1.82, 2.24) is 5.32 Å². The van der Waals surface area contributed by atoms with Crippen LogP contribution in [0.1, 0.15) is 31.9 Å². The lowest BCUT2D eigenvalue weighted by Crippen LogP contribution is -2.45. The van der Waals surface area contributed by atoms with Gasteiger partial charge in [0, 0.05) is 12.5 Å². The molecule has 0 bridgehead atoms. The van der Waals surface area contributed by atoms with Crippen LogP contribution < -0.4 is 15.4 Å². The van der Waals surface area contributed by atoms with Crippen molar-refractivity contribution in [1.29, 1.82) is 0 Å². The predicted molar refractivity (Wildman–Crippen MR) is 109 cm³/mol. The van der Waals surface area contributed by atoms with Gasteiger partial charge in [0.25, 0.3) is 0 Å². The summed E-state index contributed by atoms with van der Waals surface area (Å²) in [6, 6.07) is 23.6. The van der Waals surface area contributed by atoms with Crippen LogP contribution >= 0.6 is 0 Å². The molecule has 2 unspecified atom stereocenters. The van der Waals surface area contributed by atoms with E-state index in [2.05, 4.69) is 73.0 Å². The molecule has 0 spiro atoms. The van der Waals surface area contributed by atoms with Crippen LogP contribution in [-0.2, 0) is 0 Å². The van der Waals surface area contributed by atoms with E-state index in [0.29, 0.717) is 6.04 Å². The van der Waals surface area contributed by atoms with Gasteiger partial charge in [0.2, 0.25) is 0 Å². The van der Waals surface area contributed by atoms with Crippen molar-refractivity contribution in [2.75, 3.05) is 18.4 Å². The normalized spacial score (nSPS) is 20.1. The van der Waals surface area contributed by atoms with Gasteiger partial charge in [0.05, 0.1) is 12.2 Å². The van der Waals surface area contributed by atoms with E-state index in [1.165, 1.54) is 16.3 Å². The maximum Gasteiger partial charge on any atom is 0.143 e. The highest BCUT2D eigenvalue weighted by Gasteiger charge is 2.31. The number of rotatable bonds is 5. The number of benzene rings is 3. The van der Waals surface area contributed by atoms with Crippen LogP contribution in [0, 0.1) is 0 Å². The Morgan fingerprint density at radius 2 is 1.81 bits per heavy atom. The highest BCUT2D eigenvalue weighted by atomic mass is 16.5. The molecule has 1 heterocycles. The van der Waals surface area contributed by atoms with Crippen LogP contribution in [0.4, 0.5) is 5.69 Å². The fourth-order valence-corrected chi connectivity index (χ4v) is 3.72. The molecule has 3 aromatic rings. The first-order valence-corrected chi connectivity index (χ1v) is 9.38. The Hall–Kier alpha value is -2.52. The topological polar surface area (TPSA) is 33.3 Å². The van der Waals surface area contributed by atoms with Gasteiger partial charge in [0.15, 0.2) is 0 Å². The fourth-order valence-electron chi connectivity index (χ4n) is 3.72. The summed E-state index contributed by atoms with van der Waals surface area (Å²) in [6.07, 6.45) is 0.948. The molecule has 3 nitrogen and oxygen atoms in total. The zero-order valence-corrected chi connectivity index (χ0v) is 15.5. The lowest BCUT2D eigenvalue weighted by molar-refractivity contribution is 0.0850. The van der Waals surface area contributed by atoms with Gasteiger partial charge in [-0.15, -0.1) is 0 Å². The number of hydrogen-bond donors (Lipinski definition) is 2. The third-order valence-electron chi connectivity index (χ3n) is 5.29. The van der Waals surface area contributed by atoms with Gasteiger partial charge in [0.1, 0.15) is 11.4 Å². The summed E-state index contributed by atoms with van der Waals surface area (Å²) in [5, 5.41) is 9.79. The minimum Gasteiger partial charge on any atom is -0.484 e. The van der Waals surface area contributed by atoms with E-state index in [9.17, 15) is 0 Å². The number of hydrogen-bond acceptors (Lipinski definition) is 3. The molecule has 2 N–H and O–H groups in total. The molecule has 0 aromatic heterocycles. The van der Waals surface area contributed by atoms with Crippen LogP contribution in [0.2, 0.25) is 0 Å². The number of fused-ring (bicyclic) bond motifs is 2. The fraction of sp³-hybridized carbons (Fsp3) is 0.304. The molecule has 1 aliphatic heterocycles. The van der Waals surface area contributed by atoms with Crippen molar-refractivity contribution in [3.05, 3.63) is 72.3 Å². The van der Waals surface area contributed by atoms with E-state index in [4.69, 9.17) is 4.74 Å². The molecular weight excluding hydrogens is 320 g/mol. The molecule has 0 radical (unpaired) electrons. The average Bonchev–Trinajstić information content (AvgIpc) is 2.67. The zero-order chi connectivity index (χ0) is 18.0. The highest BCUT2D eigenvalue weighted by molar-refractivity contribution is 5.86. The second-order valence-corrected chi connectivity index (χ2v) is 7.40. The Morgan fingerprint density at radius 1 is 1.04 bits per heavy atom. The third kappa shape index (κ3) is 3.40. The molecule has 1 aliphatic rings. The first kappa shape index (κ1) is 16.9. The van der Waals surface area contributed by atoms with Crippen LogP contribution in [-0.4, -0.2) is 18.7 Å². The van der Waals surface area contributed by atoms with E-state index >= 15 is 0 Å². The molecule has 3 heteroatoms. The summed E-state index contributed by atoms with van der Waals surface area (Å²) in [4.78, 5) is 0. The van der Waals surface area contributed by atoms with Crippen molar-refractivity contribution in [2.45, 2.75) is 31.9 Å². The summed E-state index contributed by atoms with van der Waals surface area (Å²) >= 11 is 0. The average molecular weight is 346 g/mol. The second kappa shape index (κ2) is 7.00. The summed E-state index contributed by atoms with van der Waals surface area (Å²) in [5.74, 6) is 0.948. The maximum absolute atomic E-state index is 6.27. The van der Waals surface area contributed by atoms with E-state index in [0.717, 1.165) is 30.9 Å². The smallest absolute Gasteiger partial charge is 0.143 e. The molecule has 0 saturated carbocycles. The van der Waals surface area contributed by atoms with E-state index in [1.807, 2.05) is 18.2 Å². The van der Waals surface area contributed by atoms with E-state index in [1.54, 1.807) is 0 Å². The first-order valence-electron chi connectivity index (χ1n) is 9.38. The van der Waals surface area contributed by atoms with Crippen molar-refractivity contribution < 1.29 is 4.74 Å². The summed E-state index contributed by atoms with van der Waals surface area (Å²) in [7, 11) is 0. The van der Waals surface area contributed by atoms with Crippen LogP contribution in [0.5, 0.6) is 5.75 Å². The minimum atomic E-state index is -0.195. The monoisotopic (exact) mass is 346 g/mol. The predicted octanol–water partition coefficient (Wildman–Crippen LogP) is 5.14. The lowest BCUT2D eigenvalue weighted by atomic mass is 9.97.